The summed E-state index contributed by atoms with van der Waals surface area (Å²) in [5.41, 5.74) is 0.177. The van der Waals surface area contributed by atoms with Gasteiger partial charge in [-0.25, -0.2) is 4.79 Å². The molecule has 0 fully saturated rings. The van der Waals surface area contributed by atoms with E-state index in [1.807, 2.05) is 0 Å². The number of carboxylic acid groups (broad SMARTS) is 1. The molecule has 0 aliphatic carbocycles. The molecule has 1 rings (SSSR count). The Hall–Kier alpha value is -0.580. The van der Waals surface area contributed by atoms with Crippen LogP contribution in [0.15, 0.2) is 22.7 Å². The van der Waals surface area contributed by atoms with Gasteiger partial charge in [-0.05, 0) is 12.1 Å². The Kier molecular flexibility index (Phi) is 3.30. The standard InChI is InChI=1S/C8H6BrClO3/c9-4-2-1-3-5(10)6(4)7(11)8(12)13/h1-3,7,11H,(H,12,13)/t7-/m1/s1. The summed E-state index contributed by atoms with van der Waals surface area (Å²) < 4.78 is 0.481. The zero-order valence-electron chi connectivity index (χ0n) is 6.37. The molecule has 70 valence electrons. The van der Waals surface area contributed by atoms with Gasteiger partial charge in [-0.1, -0.05) is 33.6 Å². The maximum Gasteiger partial charge on any atom is 0.337 e. The largest absolute Gasteiger partial charge is 0.479 e. The van der Waals surface area contributed by atoms with Gasteiger partial charge in [-0.2, -0.15) is 0 Å². The molecule has 0 heterocycles. The van der Waals surface area contributed by atoms with Gasteiger partial charge in [0.2, 0.25) is 0 Å². The number of aliphatic hydroxyl groups excluding tert-OH is 1. The van der Waals surface area contributed by atoms with Gasteiger partial charge in [0.1, 0.15) is 0 Å². The Morgan fingerprint density at radius 1 is 1.54 bits per heavy atom. The van der Waals surface area contributed by atoms with Gasteiger partial charge in [0.25, 0.3) is 0 Å². The molecule has 13 heavy (non-hydrogen) atoms. The van der Waals surface area contributed by atoms with Crippen molar-refractivity contribution >= 4 is 33.5 Å². The molecule has 5 heteroatoms. The van der Waals surface area contributed by atoms with Crippen LogP contribution in [0.1, 0.15) is 11.7 Å². The fourth-order valence-electron chi connectivity index (χ4n) is 0.895. The van der Waals surface area contributed by atoms with Crippen molar-refractivity contribution in [3.8, 4) is 0 Å². The number of aliphatic hydroxyl groups is 1. The number of halogens is 2. The van der Waals surface area contributed by atoms with E-state index < -0.39 is 12.1 Å². The minimum absolute atomic E-state index is 0.177. The average molecular weight is 265 g/mol. The van der Waals surface area contributed by atoms with Gasteiger partial charge < -0.3 is 10.2 Å². The van der Waals surface area contributed by atoms with Crippen LogP contribution in [0.4, 0.5) is 0 Å². The zero-order chi connectivity index (χ0) is 10.0. The average Bonchev–Trinajstić information content (AvgIpc) is 2.03. The van der Waals surface area contributed by atoms with Crippen LogP contribution >= 0.6 is 27.5 Å². The van der Waals surface area contributed by atoms with Crippen molar-refractivity contribution in [1.82, 2.24) is 0 Å². The molecule has 0 bridgehead atoms. The Morgan fingerprint density at radius 2 is 2.15 bits per heavy atom. The van der Waals surface area contributed by atoms with Crippen LogP contribution in [0.2, 0.25) is 5.02 Å². The highest BCUT2D eigenvalue weighted by molar-refractivity contribution is 9.10. The minimum atomic E-state index is -1.59. The third-order valence-electron chi connectivity index (χ3n) is 1.51. The van der Waals surface area contributed by atoms with Gasteiger partial charge >= 0.3 is 5.97 Å². The lowest BCUT2D eigenvalue weighted by Gasteiger charge is -2.09. The Bertz CT molecular complexity index is 320. The lowest BCUT2D eigenvalue weighted by Crippen LogP contribution is -2.11. The Morgan fingerprint density at radius 3 is 2.62 bits per heavy atom. The summed E-state index contributed by atoms with van der Waals surface area (Å²) in [5.74, 6) is -1.33. The first-order valence-corrected chi connectivity index (χ1v) is 4.56. The smallest absolute Gasteiger partial charge is 0.337 e. The molecule has 0 amide bonds. The molecule has 0 aliphatic rings. The second kappa shape index (κ2) is 4.09. The first-order chi connectivity index (χ1) is 6.04. The van der Waals surface area contributed by atoms with Crippen LogP contribution in [-0.4, -0.2) is 16.2 Å². The van der Waals surface area contributed by atoms with Crippen molar-refractivity contribution in [2.45, 2.75) is 6.10 Å². The molecule has 0 spiro atoms. The van der Waals surface area contributed by atoms with Crippen molar-refractivity contribution in [2.75, 3.05) is 0 Å². The third-order valence-corrected chi connectivity index (χ3v) is 2.53. The number of carboxylic acids is 1. The van der Waals surface area contributed by atoms with Gasteiger partial charge in [0, 0.05) is 15.1 Å². The van der Waals surface area contributed by atoms with Gasteiger partial charge in [-0.3, -0.25) is 0 Å². The molecule has 1 aromatic carbocycles. The summed E-state index contributed by atoms with van der Waals surface area (Å²) in [6.07, 6.45) is -1.59. The molecular weight excluding hydrogens is 259 g/mol. The fraction of sp³-hybridized carbons (Fsp3) is 0.125. The van der Waals surface area contributed by atoms with Crippen molar-refractivity contribution < 1.29 is 15.0 Å². The fourth-order valence-corrected chi connectivity index (χ4v) is 1.87. The van der Waals surface area contributed by atoms with E-state index in [0.717, 1.165) is 0 Å². The van der Waals surface area contributed by atoms with E-state index in [-0.39, 0.29) is 10.6 Å². The molecule has 0 aliphatic heterocycles. The highest BCUT2D eigenvalue weighted by atomic mass is 79.9. The van der Waals surface area contributed by atoms with Crippen LogP contribution in [-0.2, 0) is 4.79 Å². The molecule has 0 saturated heterocycles. The maximum absolute atomic E-state index is 10.5. The summed E-state index contributed by atoms with van der Waals surface area (Å²) in [4.78, 5) is 10.5. The van der Waals surface area contributed by atoms with Crippen LogP contribution in [0.5, 0.6) is 0 Å². The molecule has 1 atom stereocenters. The van der Waals surface area contributed by atoms with Crippen LogP contribution in [0.3, 0.4) is 0 Å². The second-order valence-corrected chi connectivity index (χ2v) is 3.64. The summed E-state index contributed by atoms with van der Waals surface area (Å²) in [7, 11) is 0. The molecule has 0 radical (unpaired) electrons. The van der Waals surface area contributed by atoms with Gasteiger partial charge in [0.05, 0.1) is 0 Å². The van der Waals surface area contributed by atoms with E-state index in [1.54, 1.807) is 12.1 Å². The monoisotopic (exact) mass is 264 g/mol. The number of hydrogen-bond donors (Lipinski definition) is 2. The lowest BCUT2D eigenvalue weighted by molar-refractivity contribution is -0.147. The van der Waals surface area contributed by atoms with E-state index >= 15 is 0 Å². The predicted octanol–water partition coefficient (Wildman–Crippen LogP) is 2.22. The maximum atomic E-state index is 10.5. The van der Waals surface area contributed by atoms with E-state index in [4.69, 9.17) is 16.7 Å². The first kappa shape index (κ1) is 10.5. The highest BCUT2D eigenvalue weighted by Gasteiger charge is 2.21. The zero-order valence-corrected chi connectivity index (χ0v) is 8.71. The van der Waals surface area contributed by atoms with Gasteiger partial charge in [0.15, 0.2) is 6.10 Å². The number of benzene rings is 1. The molecule has 3 nitrogen and oxygen atoms in total. The normalized spacial score (nSPS) is 12.5. The lowest BCUT2D eigenvalue weighted by atomic mass is 10.1. The first-order valence-electron chi connectivity index (χ1n) is 3.39. The van der Waals surface area contributed by atoms with E-state index in [9.17, 15) is 9.90 Å². The SMILES string of the molecule is O=C(O)[C@H](O)c1c(Cl)cccc1Br. The van der Waals surface area contributed by atoms with Crippen LogP contribution in [0, 0.1) is 0 Å². The Balaban J connectivity index is 3.20. The minimum Gasteiger partial charge on any atom is -0.479 e. The molecule has 0 aromatic heterocycles. The van der Waals surface area contributed by atoms with Crippen molar-refractivity contribution in [1.29, 1.82) is 0 Å². The topological polar surface area (TPSA) is 57.5 Å². The summed E-state index contributed by atoms with van der Waals surface area (Å²) >= 11 is 8.82. The van der Waals surface area contributed by atoms with Crippen LogP contribution < -0.4 is 0 Å². The molecule has 0 saturated carbocycles. The van der Waals surface area contributed by atoms with E-state index in [2.05, 4.69) is 15.9 Å². The van der Waals surface area contributed by atoms with E-state index in [1.165, 1.54) is 6.07 Å². The number of aliphatic carboxylic acids is 1. The summed E-state index contributed by atoms with van der Waals surface area (Å²) in [6.45, 7) is 0. The Labute approximate surface area is 88.1 Å². The number of hydrogen-bond acceptors (Lipinski definition) is 2. The van der Waals surface area contributed by atoms with Gasteiger partial charge in [-0.15, -0.1) is 0 Å². The molecule has 2 N–H and O–H groups in total. The summed E-state index contributed by atoms with van der Waals surface area (Å²) in [6, 6.07) is 4.80. The van der Waals surface area contributed by atoms with E-state index in [0.29, 0.717) is 4.47 Å². The molecule has 0 unspecified atom stereocenters. The molecule has 1 aromatic rings. The second-order valence-electron chi connectivity index (χ2n) is 2.38. The van der Waals surface area contributed by atoms with Crippen molar-refractivity contribution in [3.05, 3.63) is 33.3 Å². The van der Waals surface area contributed by atoms with Crippen LogP contribution in [0.25, 0.3) is 0 Å². The van der Waals surface area contributed by atoms with Crippen molar-refractivity contribution in [3.63, 3.8) is 0 Å². The predicted molar refractivity (Wildman–Crippen MR) is 51.7 cm³/mol. The highest BCUT2D eigenvalue weighted by Crippen LogP contribution is 2.30. The third kappa shape index (κ3) is 2.21. The van der Waals surface area contributed by atoms with Crippen molar-refractivity contribution in [2.24, 2.45) is 0 Å². The summed E-state index contributed by atoms with van der Waals surface area (Å²) in [5, 5.41) is 18.0. The molecular formula is C8H6BrClO3. The number of carbonyl (C=O) groups is 1. The number of rotatable bonds is 2. The quantitative estimate of drug-likeness (QED) is 0.862.